The van der Waals surface area contributed by atoms with Gasteiger partial charge in [0.25, 0.3) is 5.82 Å². The first-order valence-corrected chi connectivity index (χ1v) is 7.64. The third-order valence-corrected chi connectivity index (χ3v) is 4.01. The average Bonchev–Trinajstić information content (AvgIpc) is 2.89. The van der Waals surface area contributed by atoms with Crippen LogP contribution in [0.2, 0.25) is 0 Å². The standard InChI is InChI=1S/C20H14N2O2/c23-20-17-11-5-4-10-16(17)18(14-15-8-2-1-3-9-15)22(20)19-12-6-7-13-21(19)24/h1-14H/b18-14+. The third-order valence-electron chi connectivity index (χ3n) is 4.01. The summed E-state index contributed by atoms with van der Waals surface area (Å²) in [6.45, 7) is 0. The zero-order valence-corrected chi connectivity index (χ0v) is 12.8. The molecule has 3 aromatic rings. The minimum atomic E-state index is -0.191. The van der Waals surface area contributed by atoms with E-state index in [1.54, 1.807) is 24.3 Å². The van der Waals surface area contributed by atoms with Crippen molar-refractivity contribution in [3.05, 3.63) is 101 Å². The second-order valence-electron chi connectivity index (χ2n) is 5.51. The smallest absolute Gasteiger partial charge is 0.347 e. The summed E-state index contributed by atoms with van der Waals surface area (Å²) in [5, 5.41) is 12.2. The molecule has 0 fully saturated rings. The van der Waals surface area contributed by atoms with E-state index in [4.69, 9.17) is 0 Å². The van der Waals surface area contributed by atoms with Gasteiger partial charge in [-0.15, -0.1) is 0 Å². The predicted molar refractivity (Wildman–Crippen MR) is 93.0 cm³/mol. The molecule has 0 atom stereocenters. The zero-order valence-electron chi connectivity index (χ0n) is 12.8. The van der Waals surface area contributed by atoms with Crippen LogP contribution in [0.15, 0.2) is 79.0 Å². The van der Waals surface area contributed by atoms with E-state index in [2.05, 4.69) is 0 Å². The van der Waals surface area contributed by atoms with Gasteiger partial charge < -0.3 is 5.21 Å². The van der Waals surface area contributed by atoms with Crippen molar-refractivity contribution in [1.82, 2.24) is 0 Å². The second kappa shape index (κ2) is 5.66. The van der Waals surface area contributed by atoms with Crippen LogP contribution in [0, 0.1) is 5.21 Å². The van der Waals surface area contributed by atoms with Crippen molar-refractivity contribution in [1.29, 1.82) is 0 Å². The van der Waals surface area contributed by atoms with Crippen molar-refractivity contribution < 1.29 is 9.52 Å². The van der Waals surface area contributed by atoms with Gasteiger partial charge in [-0.3, -0.25) is 0 Å². The molecule has 0 saturated heterocycles. The number of rotatable bonds is 2. The quantitative estimate of drug-likeness (QED) is 0.537. The number of aromatic nitrogens is 1. The number of carbonyl (C=O) groups excluding carboxylic acids is 1. The summed E-state index contributed by atoms with van der Waals surface area (Å²) in [7, 11) is 0. The lowest BCUT2D eigenvalue weighted by atomic mass is 10.1. The molecular formula is C20H14N2O2. The summed E-state index contributed by atoms with van der Waals surface area (Å²) < 4.78 is 0.711. The van der Waals surface area contributed by atoms with Crippen LogP contribution >= 0.6 is 0 Å². The third kappa shape index (κ3) is 2.25. The van der Waals surface area contributed by atoms with Crippen molar-refractivity contribution in [2.75, 3.05) is 4.90 Å². The van der Waals surface area contributed by atoms with Crippen LogP contribution in [0.3, 0.4) is 0 Å². The van der Waals surface area contributed by atoms with E-state index in [0.717, 1.165) is 11.1 Å². The molecule has 0 spiro atoms. The largest absolute Gasteiger partial charge is 0.711 e. The first-order valence-electron chi connectivity index (χ1n) is 7.64. The molecule has 0 radical (unpaired) electrons. The molecule has 0 bridgehead atoms. The fourth-order valence-corrected chi connectivity index (χ4v) is 2.91. The molecule has 0 saturated carbocycles. The molecule has 1 aromatic heterocycles. The first kappa shape index (κ1) is 14.2. The van der Waals surface area contributed by atoms with E-state index >= 15 is 0 Å². The fraction of sp³-hybridized carbons (Fsp3) is 0. The maximum Gasteiger partial charge on any atom is 0.347 e. The number of hydrogen-bond donors (Lipinski definition) is 0. The summed E-state index contributed by atoms with van der Waals surface area (Å²) in [6, 6.07) is 22.2. The number of benzene rings is 2. The highest BCUT2D eigenvalue weighted by Crippen LogP contribution is 2.36. The summed E-state index contributed by atoms with van der Waals surface area (Å²) in [5.74, 6) is 0.101. The van der Waals surface area contributed by atoms with E-state index in [1.807, 2.05) is 54.6 Å². The SMILES string of the molecule is O=C1c2ccccc2/C(=C\c2ccccc2)N1c1cccc[n+]1[O-]. The number of anilines is 1. The summed E-state index contributed by atoms with van der Waals surface area (Å²) in [6.07, 6.45) is 3.32. The van der Waals surface area contributed by atoms with E-state index in [-0.39, 0.29) is 5.91 Å². The van der Waals surface area contributed by atoms with Gasteiger partial charge in [-0.2, -0.15) is 4.90 Å². The Morgan fingerprint density at radius 3 is 2.25 bits per heavy atom. The van der Waals surface area contributed by atoms with Crippen LogP contribution < -0.4 is 9.63 Å². The van der Waals surface area contributed by atoms with E-state index < -0.39 is 0 Å². The topological polar surface area (TPSA) is 47.2 Å². The predicted octanol–water partition coefficient (Wildman–Crippen LogP) is 3.48. The maximum absolute atomic E-state index is 12.9. The molecule has 1 aliphatic rings. The molecule has 24 heavy (non-hydrogen) atoms. The Labute approximate surface area is 139 Å². The van der Waals surface area contributed by atoms with Crippen LogP contribution in [0.25, 0.3) is 11.8 Å². The van der Waals surface area contributed by atoms with E-state index in [1.165, 1.54) is 11.1 Å². The highest BCUT2D eigenvalue weighted by atomic mass is 16.5. The van der Waals surface area contributed by atoms with Crippen LogP contribution in [0.4, 0.5) is 5.82 Å². The van der Waals surface area contributed by atoms with Gasteiger partial charge >= 0.3 is 5.91 Å². The van der Waals surface area contributed by atoms with E-state index in [0.29, 0.717) is 21.8 Å². The van der Waals surface area contributed by atoms with Crippen LogP contribution in [0.5, 0.6) is 0 Å². The van der Waals surface area contributed by atoms with Crippen LogP contribution in [-0.2, 0) is 0 Å². The van der Waals surface area contributed by atoms with E-state index in [9.17, 15) is 10.0 Å². The minimum absolute atomic E-state index is 0.191. The molecule has 0 N–H and O–H groups in total. The van der Waals surface area contributed by atoms with Gasteiger partial charge in [-0.05, 0) is 29.8 Å². The maximum atomic E-state index is 12.9. The van der Waals surface area contributed by atoms with Crippen LogP contribution in [0.1, 0.15) is 21.5 Å². The Morgan fingerprint density at radius 2 is 1.50 bits per heavy atom. The lowest BCUT2D eigenvalue weighted by Gasteiger charge is -2.15. The Balaban J connectivity index is 1.94. The molecule has 4 heteroatoms. The molecule has 4 nitrogen and oxygen atoms in total. The van der Waals surface area contributed by atoms with Gasteiger partial charge in [-0.1, -0.05) is 48.5 Å². The molecule has 0 aliphatic carbocycles. The molecule has 2 aromatic carbocycles. The first-order chi connectivity index (χ1) is 11.8. The van der Waals surface area contributed by atoms with Gasteiger partial charge in [0.15, 0.2) is 0 Å². The Morgan fingerprint density at radius 1 is 0.833 bits per heavy atom. The van der Waals surface area contributed by atoms with Crippen LogP contribution in [-0.4, -0.2) is 5.91 Å². The van der Waals surface area contributed by atoms with Crippen molar-refractivity contribution in [2.24, 2.45) is 0 Å². The Hall–Kier alpha value is -3.40. The molecule has 2 heterocycles. The molecule has 1 aliphatic heterocycles. The lowest BCUT2D eigenvalue weighted by molar-refractivity contribution is -0.591. The average molecular weight is 314 g/mol. The van der Waals surface area contributed by atoms with Crippen molar-refractivity contribution in [2.45, 2.75) is 0 Å². The number of amides is 1. The summed E-state index contributed by atoms with van der Waals surface area (Å²) in [4.78, 5) is 14.4. The molecule has 0 unspecified atom stereocenters. The number of hydrogen-bond acceptors (Lipinski definition) is 2. The molecule has 4 rings (SSSR count). The van der Waals surface area contributed by atoms with Gasteiger partial charge in [0.05, 0.1) is 11.8 Å². The number of fused-ring (bicyclic) bond motifs is 1. The highest BCUT2D eigenvalue weighted by molar-refractivity contribution is 6.23. The van der Waals surface area contributed by atoms with Gasteiger partial charge in [0, 0.05) is 11.6 Å². The molecule has 116 valence electrons. The Kier molecular flexibility index (Phi) is 3.35. The van der Waals surface area contributed by atoms with Crippen molar-refractivity contribution in [3.63, 3.8) is 0 Å². The normalized spacial score (nSPS) is 14.9. The Bertz CT molecular complexity index is 949. The van der Waals surface area contributed by atoms with Gasteiger partial charge in [0.1, 0.15) is 5.70 Å². The monoisotopic (exact) mass is 314 g/mol. The zero-order chi connectivity index (χ0) is 16.5. The molecule has 1 amide bonds. The summed E-state index contributed by atoms with van der Waals surface area (Å²) >= 11 is 0. The number of carbonyl (C=O) groups is 1. The van der Waals surface area contributed by atoms with Crippen molar-refractivity contribution >= 4 is 23.5 Å². The summed E-state index contributed by atoms with van der Waals surface area (Å²) in [5.41, 5.74) is 3.10. The van der Waals surface area contributed by atoms with Crippen molar-refractivity contribution in [3.8, 4) is 0 Å². The fourth-order valence-electron chi connectivity index (χ4n) is 2.91. The molecular weight excluding hydrogens is 300 g/mol. The van der Waals surface area contributed by atoms with Gasteiger partial charge in [0.2, 0.25) is 0 Å². The number of pyridine rings is 1. The number of nitrogens with zero attached hydrogens (tertiary/aromatic N) is 2. The minimum Gasteiger partial charge on any atom is -0.711 e. The van der Waals surface area contributed by atoms with Gasteiger partial charge in [-0.25, -0.2) is 9.52 Å². The lowest BCUT2D eigenvalue weighted by Crippen LogP contribution is -2.37. The highest BCUT2D eigenvalue weighted by Gasteiger charge is 2.41. The second-order valence-corrected chi connectivity index (χ2v) is 5.51.